The molecule has 0 aliphatic carbocycles. The van der Waals surface area contributed by atoms with Crippen LogP contribution in [0, 0.1) is 6.92 Å². The van der Waals surface area contributed by atoms with Crippen LogP contribution in [0.25, 0.3) is 31.6 Å². The SMILES string of the molecule is C=CC(=O)N1C=CCN(n2c(Cl)c(-c3cc4cc(C)cc(OC)c4s3)c3c(N)ncnc32)C1. The minimum Gasteiger partial charge on any atom is -0.495 e. The summed E-state index contributed by atoms with van der Waals surface area (Å²) in [6.45, 7) is 6.43. The van der Waals surface area contributed by atoms with E-state index in [1.165, 1.54) is 12.4 Å². The molecule has 168 valence electrons. The molecular formula is C23H21ClN6O2S. The van der Waals surface area contributed by atoms with Crippen molar-refractivity contribution in [2.45, 2.75) is 6.92 Å². The number of anilines is 1. The van der Waals surface area contributed by atoms with Crippen LogP contribution in [0.3, 0.4) is 0 Å². The quantitative estimate of drug-likeness (QED) is 0.438. The molecule has 1 aliphatic heterocycles. The number of rotatable bonds is 4. The Morgan fingerprint density at radius 3 is 2.91 bits per heavy atom. The molecule has 0 saturated carbocycles. The van der Waals surface area contributed by atoms with Crippen molar-refractivity contribution in [2.24, 2.45) is 0 Å². The van der Waals surface area contributed by atoms with Gasteiger partial charge in [-0.1, -0.05) is 24.2 Å². The number of carbonyl (C=O) groups excluding carboxylic acids is 1. The smallest absolute Gasteiger partial charge is 0.251 e. The fourth-order valence-electron chi connectivity index (χ4n) is 4.10. The van der Waals surface area contributed by atoms with Gasteiger partial charge in [0.2, 0.25) is 0 Å². The van der Waals surface area contributed by atoms with E-state index in [9.17, 15) is 4.79 Å². The Morgan fingerprint density at radius 1 is 1.33 bits per heavy atom. The summed E-state index contributed by atoms with van der Waals surface area (Å²) in [5.74, 6) is 0.942. The van der Waals surface area contributed by atoms with E-state index in [-0.39, 0.29) is 12.6 Å². The second kappa shape index (κ2) is 8.09. The molecule has 1 aliphatic rings. The highest BCUT2D eigenvalue weighted by molar-refractivity contribution is 7.22. The number of carbonyl (C=O) groups is 1. The van der Waals surface area contributed by atoms with Crippen LogP contribution in [0.15, 0.2) is 49.5 Å². The average molecular weight is 481 g/mol. The van der Waals surface area contributed by atoms with Gasteiger partial charge in [-0.05, 0) is 42.2 Å². The number of amides is 1. The van der Waals surface area contributed by atoms with Gasteiger partial charge < -0.3 is 10.5 Å². The number of nitrogen functional groups attached to an aromatic ring is 1. The third-order valence-electron chi connectivity index (χ3n) is 5.55. The first-order chi connectivity index (χ1) is 15.9. The molecule has 5 rings (SSSR count). The minimum absolute atomic E-state index is 0.204. The van der Waals surface area contributed by atoms with Gasteiger partial charge in [-0.15, -0.1) is 11.3 Å². The molecule has 1 aromatic carbocycles. The van der Waals surface area contributed by atoms with Crippen LogP contribution in [0.2, 0.25) is 5.15 Å². The lowest BCUT2D eigenvalue weighted by Gasteiger charge is -2.33. The normalized spacial score (nSPS) is 13.8. The van der Waals surface area contributed by atoms with Gasteiger partial charge in [0.15, 0.2) is 5.65 Å². The maximum Gasteiger partial charge on any atom is 0.251 e. The molecule has 0 saturated heterocycles. The van der Waals surface area contributed by atoms with Gasteiger partial charge in [-0.2, -0.15) is 0 Å². The monoisotopic (exact) mass is 480 g/mol. The number of benzene rings is 1. The molecule has 0 radical (unpaired) electrons. The fraction of sp³-hybridized carbons (Fsp3) is 0.174. The number of halogens is 1. The predicted molar refractivity (Wildman–Crippen MR) is 133 cm³/mol. The van der Waals surface area contributed by atoms with E-state index < -0.39 is 0 Å². The summed E-state index contributed by atoms with van der Waals surface area (Å²) in [5.41, 5.74) is 8.75. The van der Waals surface area contributed by atoms with Gasteiger partial charge in [0.25, 0.3) is 5.91 Å². The number of nitrogens with two attached hydrogens (primary N) is 1. The zero-order valence-electron chi connectivity index (χ0n) is 18.1. The van der Waals surface area contributed by atoms with Crippen molar-refractivity contribution in [3.05, 3.63) is 60.2 Å². The van der Waals surface area contributed by atoms with Crippen LogP contribution in [-0.4, -0.2) is 45.8 Å². The minimum atomic E-state index is -0.204. The van der Waals surface area contributed by atoms with E-state index in [0.29, 0.717) is 28.5 Å². The maximum atomic E-state index is 12.2. The molecule has 4 aromatic rings. The summed E-state index contributed by atoms with van der Waals surface area (Å²) in [6, 6.07) is 6.20. The number of hydrogen-bond donors (Lipinski definition) is 1. The fourth-order valence-corrected chi connectivity index (χ4v) is 5.72. The molecule has 4 heterocycles. The Kier molecular flexibility index (Phi) is 5.22. The first-order valence-electron chi connectivity index (χ1n) is 10.2. The summed E-state index contributed by atoms with van der Waals surface area (Å²) in [7, 11) is 1.67. The standard InChI is InChI=1S/C23H21ClN6O2S/c1-4-17(31)28-6-5-7-29(12-28)30-21(24)18(19-22(25)26-11-27-23(19)30)16-10-14-8-13(2)9-15(32-3)20(14)33-16/h4-6,8-11H,1,7,12H2,2-3H3,(H2,25,26,27). The largest absolute Gasteiger partial charge is 0.495 e. The molecule has 0 unspecified atom stereocenters. The highest BCUT2D eigenvalue weighted by Gasteiger charge is 2.27. The molecule has 8 nitrogen and oxygen atoms in total. The molecule has 0 fully saturated rings. The summed E-state index contributed by atoms with van der Waals surface area (Å²) >= 11 is 8.58. The molecule has 1 amide bonds. The Labute approximate surface area is 199 Å². The Morgan fingerprint density at radius 2 is 2.15 bits per heavy atom. The number of thiophene rings is 1. The number of ether oxygens (including phenoxy) is 1. The van der Waals surface area contributed by atoms with E-state index in [2.05, 4.69) is 28.7 Å². The third kappa shape index (κ3) is 3.40. The lowest BCUT2D eigenvalue weighted by atomic mass is 10.1. The van der Waals surface area contributed by atoms with E-state index >= 15 is 0 Å². The van der Waals surface area contributed by atoms with Gasteiger partial charge in [0.1, 0.15) is 29.7 Å². The lowest BCUT2D eigenvalue weighted by molar-refractivity contribution is -0.123. The highest BCUT2D eigenvalue weighted by Crippen LogP contribution is 2.46. The number of aromatic nitrogens is 3. The number of nitrogens with zero attached hydrogens (tertiary/aromatic N) is 5. The van der Waals surface area contributed by atoms with Gasteiger partial charge in [0.05, 0.1) is 23.7 Å². The molecule has 3 aromatic heterocycles. The molecule has 0 spiro atoms. The van der Waals surface area contributed by atoms with Crippen molar-refractivity contribution in [3.8, 4) is 16.2 Å². The first kappa shape index (κ1) is 21.3. The Balaban J connectivity index is 1.73. The Hall–Kier alpha value is -3.56. The van der Waals surface area contributed by atoms with Crippen molar-refractivity contribution < 1.29 is 9.53 Å². The van der Waals surface area contributed by atoms with E-state index in [4.69, 9.17) is 22.1 Å². The predicted octanol–water partition coefficient (Wildman–Crippen LogP) is 4.30. The number of aryl methyl sites for hydroxylation is 1. The number of methoxy groups -OCH3 is 1. The molecule has 10 heteroatoms. The van der Waals surface area contributed by atoms with Crippen LogP contribution in [0.4, 0.5) is 5.82 Å². The first-order valence-corrected chi connectivity index (χ1v) is 11.4. The van der Waals surface area contributed by atoms with Crippen molar-refractivity contribution in [2.75, 3.05) is 31.1 Å². The van der Waals surface area contributed by atoms with Gasteiger partial charge >= 0.3 is 0 Å². The van der Waals surface area contributed by atoms with E-state index in [1.54, 1.807) is 34.2 Å². The zero-order valence-corrected chi connectivity index (χ0v) is 19.7. The second-order valence-corrected chi connectivity index (χ2v) is 9.07. The van der Waals surface area contributed by atoms with Gasteiger partial charge in [0, 0.05) is 16.6 Å². The van der Waals surface area contributed by atoms with Crippen molar-refractivity contribution >= 4 is 55.8 Å². The van der Waals surface area contributed by atoms with Crippen LogP contribution in [0.5, 0.6) is 5.75 Å². The lowest BCUT2D eigenvalue weighted by Crippen LogP contribution is -2.47. The summed E-state index contributed by atoms with van der Waals surface area (Å²) in [5, 5.41) is 4.09. The molecule has 0 bridgehead atoms. The average Bonchev–Trinajstić information content (AvgIpc) is 3.36. The number of fused-ring (bicyclic) bond motifs is 2. The summed E-state index contributed by atoms with van der Waals surface area (Å²) < 4.78 is 8.42. The second-order valence-electron chi connectivity index (χ2n) is 7.66. The summed E-state index contributed by atoms with van der Waals surface area (Å²) in [6.07, 6.45) is 6.31. The third-order valence-corrected chi connectivity index (χ3v) is 7.08. The van der Waals surface area contributed by atoms with Crippen LogP contribution < -0.4 is 15.5 Å². The Bertz CT molecular complexity index is 1460. The van der Waals surface area contributed by atoms with E-state index in [0.717, 1.165) is 31.8 Å². The van der Waals surface area contributed by atoms with Crippen molar-refractivity contribution in [1.29, 1.82) is 0 Å². The van der Waals surface area contributed by atoms with Crippen molar-refractivity contribution in [1.82, 2.24) is 19.5 Å². The molecule has 2 N–H and O–H groups in total. The van der Waals surface area contributed by atoms with Crippen LogP contribution in [0.1, 0.15) is 5.56 Å². The maximum absolute atomic E-state index is 12.2. The van der Waals surface area contributed by atoms with Gasteiger partial charge in [-0.3, -0.25) is 14.7 Å². The highest BCUT2D eigenvalue weighted by atomic mass is 35.5. The topological polar surface area (TPSA) is 89.5 Å². The van der Waals surface area contributed by atoms with Gasteiger partial charge in [-0.25, -0.2) is 14.6 Å². The van der Waals surface area contributed by atoms with Crippen LogP contribution >= 0.6 is 22.9 Å². The number of hydrogen-bond acceptors (Lipinski definition) is 7. The summed E-state index contributed by atoms with van der Waals surface area (Å²) in [4.78, 5) is 23.4. The zero-order chi connectivity index (χ0) is 23.3. The van der Waals surface area contributed by atoms with Crippen LogP contribution in [-0.2, 0) is 4.79 Å². The van der Waals surface area contributed by atoms with Crippen molar-refractivity contribution in [3.63, 3.8) is 0 Å². The van der Waals surface area contributed by atoms with E-state index in [1.807, 2.05) is 24.1 Å². The molecule has 0 atom stereocenters. The molecule has 33 heavy (non-hydrogen) atoms. The molecular weight excluding hydrogens is 460 g/mol.